The van der Waals surface area contributed by atoms with Crippen LogP contribution in [-0.2, 0) is 76.5 Å². The van der Waals surface area contributed by atoms with Gasteiger partial charge in [0.15, 0.2) is 12.1 Å². The summed E-state index contributed by atoms with van der Waals surface area (Å²) in [6.45, 7) is 6.12. The van der Waals surface area contributed by atoms with Gasteiger partial charge < -0.3 is 109 Å². The summed E-state index contributed by atoms with van der Waals surface area (Å²) in [6, 6.07) is -16.4. The number of aliphatic hydroxyl groups is 4. The van der Waals surface area contributed by atoms with E-state index in [2.05, 4.69) is 49.5 Å². The van der Waals surface area contributed by atoms with E-state index in [1.165, 1.54) is 0 Å². The van der Waals surface area contributed by atoms with E-state index in [0.717, 1.165) is 71.3 Å². The molecule has 0 aromatic rings. The van der Waals surface area contributed by atoms with Crippen LogP contribution in [0.2, 0.25) is 0 Å². The van der Waals surface area contributed by atoms with Crippen LogP contribution in [0.5, 0.6) is 0 Å². The molecular weight excluding hydrogens is 1270 g/mol. The van der Waals surface area contributed by atoms with E-state index in [9.17, 15) is 97.8 Å². The molecule has 1 aliphatic heterocycles. The lowest BCUT2D eigenvalue weighted by Gasteiger charge is -2.28. The van der Waals surface area contributed by atoms with Crippen molar-refractivity contribution < 1.29 is 112 Å². The van der Waals surface area contributed by atoms with Crippen LogP contribution in [-0.4, -0.2) is 225 Å². The van der Waals surface area contributed by atoms with E-state index >= 15 is 0 Å². The average molecular weight is 1370 g/mol. The van der Waals surface area contributed by atoms with Crippen LogP contribution in [0.3, 0.4) is 0 Å². The van der Waals surface area contributed by atoms with Crippen molar-refractivity contribution in [2.45, 2.75) is 223 Å². The number of cyclic esters (lactones) is 1. The van der Waals surface area contributed by atoms with E-state index in [1.54, 1.807) is 20.8 Å². The van der Waals surface area contributed by atoms with E-state index in [-0.39, 0.29) is 38.8 Å². The van der Waals surface area contributed by atoms with Crippen molar-refractivity contribution in [3.63, 3.8) is 0 Å². The Morgan fingerprint density at radius 3 is 1.70 bits per heavy atom. The summed E-state index contributed by atoms with van der Waals surface area (Å²) in [4.78, 5) is 189. The lowest BCUT2D eigenvalue weighted by Crippen LogP contribution is -2.62. The maximum absolute atomic E-state index is 14.3. The van der Waals surface area contributed by atoms with Gasteiger partial charge in [-0.05, 0) is 86.2 Å². The van der Waals surface area contributed by atoms with Crippen LogP contribution in [0, 0.1) is 5.41 Å². The zero-order valence-corrected chi connectivity index (χ0v) is 54.7. The van der Waals surface area contributed by atoms with Crippen LogP contribution in [0.4, 0.5) is 4.79 Å². The first-order valence-electron chi connectivity index (χ1n) is 31.0. The molecule has 1 fully saturated rings. The topological polar surface area (TPSA) is 560 Å². The zero-order chi connectivity index (χ0) is 71.3. The maximum Gasteiger partial charge on any atom is 0.410 e. The highest BCUT2D eigenvalue weighted by Gasteiger charge is 2.41. The predicted molar refractivity (Wildman–Crippen MR) is 331 cm³/mol. The Bertz CT molecular complexity index is 2570. The molecule has 1 heterocycles. The molecule has 35 nitrogen and oxygen atoms in total. The average Bonchev–Trinajstić information content (AvgIpc) is 1.17. The third-order valence-electron chi connectivity index (χ3n) is 14.2. The number of rotatable bonds is 31. The van der Waals surface area contributed by atoms with Crippen molar-refractivity contribution >= 4 is 94.7 Å². The number of halogens is 1. The summed E-state index contributed by atoms with van der Waals surface area (Å²) < 4.78 is 15.1. The van der Waals surface area contributed by atoms with Crippen molar-refractivity contribution in [2.24, 2.45) is 16.9 Å². The Labute approximate surface area is 549 Å². The molecule has 0 aromatic heterocycles. The third kappa shape index (κ3) is 32.3. The van der Waals surface area contributed by atoms with Crippen LogP contribution < -0.4 is 64.6 Å². The van der Waals surface area contributed by atoms with E-state index in [1.807, 2.05) is 10.6 Å². The highest BCUT2D eigenvalue weighted by molar-refractivity contribution is 6.18. The first kappa shape index (κ1) is 84.2. The molecule has 0 aromatic carbocycles. The van der Waals surface area contributed by atoms with Crippen LogP contribution >= 0.6 is 11.6 Å². The fourth-order valence-corrected chi connectivity index (χ4v) is 8.98. The molecule has 20 N–H and O–H groups in total. The molecule has 534 valence electrons. The SMILES string of the molecule is C/C=C1/NC(=O)[C@H]([C@H](C)O)NC(=O)[C@H](CCN)NC(=O)[C@H](CCCCNC(=O)OCOC(=O)C(C)(C)C)NC(=O)[C@H](CC(=O)O)NC(=O)[C@@H](CCN)NC(=O)[C@@H](NC(=O)C[C@@H](O)CCCCCCCCCCC)COC(=O)[C@H]([C@H](O)CCl)NC(=O)[C@H](C(O)C(=O)O)NC1=O. The van der Waals surface area contributed by atoms with Crippen LogP contribution in [0.25, 0.3) is 0 Å². The van der Waals surface area contributed by atoms with Crippen molar-refractivity contribution in [1.82, 2.24) is 53.2 Å². The molecule has 1 unspecified atom stereocenters. The van der Waals surface area contributed by atoms with E-state index < -0.39 is 219 Å². The van der Waals surface area contributed by atoms with E-state index in [4.69, 9.17) is 37.3 Å². The Morgan fingerprint density at radius 2 is 1.18 bits per heavy atom. The second-order valence-electron chi connectivity index (χ2n) is 23.2. The number of esters is 2. The number of unbranched alkanes of at least 4 members (excludes halogenated alkanes) is 9. The van der Waals surface area contributed by atoms with Gasteiger partial charge in [-0.1, -0.05) is 70.8 Å². The summed E-state index contributed by atoms with van der Waals surface area (Å²) >= 11 is 5.87. The number of ether oxygens (including phenoxy) is 3. The first-order chi connectivity index (χ1) is 44.3. The fourth-order valence-electron chi connectivity index (χ4n) is 8.80. The minimum Gasteiger partial charge on any atom is -0.481 e. The summed E-state index contributed by atoms with van der Waals surface area (Å²) in [6.07, 6.45) is -2.63. The molecule has 0 spiro atoms. The number of amides is 10. The van der Waals surface area contributed by atoms with Gasteiger partial charge in [-0.3, -0.25) is 52.7 Å². The Kier molecular flexibility index (Phi) is 40.0. The highest BCUT2D eigenvalue weighted by atomic mass is 35.5. The molecule has 0 bridgehead atoms. The highest BCUT2D eigenvalue weighted by Crippen LogP contribution is 2.16. The smallest absolute Gasteiger partial charge is 0.410 e. The monoisotopic (exact) mass is 1360 g/mol. The number of alkyl carbamates (subject to hydrolysis) is 1. The van der Waals surface area contributed by atoms with Crippen LogP contribution in [0.15, 0.2) is 11.8 Å². The molecule has 0 aliphatic carbocycles. The number of aliphatic carboxylic acids is 2. The number of hydrogen-bond donors (Lipinski definition) is 18. The molecule has 0 saturated carbocycles. The molecule has 1 rings (SSSR count). The standard InChI is InChI=1S/C58H97ClN12O23/c1-7-9-10-11-12-13-14-15-16-19-32(73)26-40(75)63-38-29-92-55(89)43(39(74)28-59)70-53(86)44(45(78)54(87)88)71-46(79)33(8-2)64-52(85)42(31(3)72)69-49(82)36(22-24-61)66-47(80)34(20-17-18-25-62-57(91)94-30-93-56(90)58(4,5)6)65-50(83)37(27-41(76)77)68-48(81)35(21-23-60)67-51(38)84/h8,31-32,34-39,42-45,72-74,78H,7,9-30,60-61H2,1-6H3,(H,62,91)(H,63,75)(H,64,85)(H,65,83)(H,66,80)(H,67,84)(H,68,81)(H,69,82)(H,70,86)(H,71,79)(H,76,77)(H,87,88)/b33-8+/t31-,32-,34-,35+,36-,37-,38-,39+,42-,43-,44-,45?/m0/s1. The molecule has 0 radical (unpaired) electrons. The van der Waals surface area contributed by atoms with Gasteiger partial charge in [-0.2, -0.15) is 0 Å². The van der Waals surface area contributed by atoms with Gasteiger partial charge in [0, 0.05) is 6.54 Å². The quantitative estimate of drug-likeness (QED) is 0.0104. The number of allylic oxidation sites excluding steroid dienone is 1. The minimum absolute atomic E-state index is 0.0287. The molecule has 1 aliphatic rings. The number of nitrogens with two attached hydrogens (primary N) is 2. The Balaban J connectivity index is 4.03. The number of carboxylic acids is 2. The Hall–Kier alpha value is -7.83. The molecule has 36 heteroatoms. The zero-order valence-electron chi connectivity index (χ0n) is 53.9. The van der Waals surface area contributed by atoms with E-state index in [0.29, 0.717) is 6.42 Å². The normalized spacial score (nSPS) is 23.0. The Morgan fingerprint density at radius 1 is 0.660 bits per heavy atom. The first-order valence-corrected chi connectivity index (χ1v) is 31.6. The number of hydrogen-bond acceptors (Lipinski definition) is 23. The summed E-state index contributed by atoms with van der Waals surface area (Å²) in [7, 11) is 0. The second kappa shape index (κ2) is 44.7. The van der Waals surface area contributed by atoms with Gasteiger partial charge in [0.2, 0.25) is 54.1 Å². The molecular formula is C58H97ClN12O23. The summed E-state index contributed by atoms with van der Waals surface area (Å²) in [5.74, 6) is -19.1. The van der Waals surface area contributed by atoms with Crippen molar-refractivity contribution in [1.29, 1.82) is 0 Å². The lowest BCUT2D eigenvalue weighted by atomic mass is 9.98. The molecule has 10 amide bonds. The molecule has 94 heavy (non-hydrogen) atoms. The van der Waals surface area contributed by atoms with Gasteiger partial charge in [-0.15, -0.1) is 11.6 Å². The maximum atomic E-state index is 14.3. The summed E-state index contributed by atoms with van der Waals surface area (Å²) in [5.41, 5.74) is 9.90. The third-order valence-corrected chi connectivity index (χ3v) is 14.5. The second-order valence-corrected chi connectivity index (χ2v) is 23.5. The molecule has 12 atom stereocenters. The van der Waals surface area contributed by atoms with Crippen molar-refractivity contribution in [2.75, 3.05) is 38.9 Å². The van der Waals surface area contributed by atoms with Gasteiger partial charge >= 0.3 is 30.0 Å². The number of aliphatic hydroxyl groups excluding tert-OH is 4. The summed E-state index contributed by atoms with van der Waals surface area (Å²) in [5, 5.41) is 84.8. The van der Waals surface area contributed by atoms with Crippen LogP contribution in [0.1, 0.15) is 151 Å². The number of carboxylic acid groups (broad SMARTS) is 2. The lowest BCUT2D eigenvalue weighted by molar-refractivity contribution is -0.161. The van der Waals surface area contributed by atoms with Crippen molar-refractivity contribution in [3.8, 4) is 0 Å². The fraction of sp³-hybridized carbons (Fsp3) is 0.724. The number of carbonyl (C=O) groups is 14. The molecule has 1 saturated heterocycles. The van der Waals surface area contributed by atoms with Crippen molar-refractivity contribution in [3.05, 3.63) is 11.8 Å². The van der Waals surface area contributed by atoms with Gasteiger partial charge in [0.1, 0.15) is 54.6 Å². The minimum atomic E-state index is -2.86. The number of alkyl halides is 1. The van der Waals surface area contributed by atoms with Gasteiger partial charge in [-0.25, -0.2) is 14.4 Å². The number of carbonyl (C=O) groups excluding carboxylic acids is 12. The van der Waals surface area contributed by atoms with Gasteiger partial charge in [0.05, 0.1) is 42.4 Å². The van der Waals surface area contributed by atoms with Gasteiger partial charge in [0.25, 0.3) is 5.91 Å². The largest absolute Gasteiger partial charge is 0.481 e. The number of nitrogens with one attached hydrogen (secondary N) is 10. The predicted octanol–water partition coefficient (Wildman–Crippen LogP) is -3.84.